The lowest BCUT2D eigenvalue weighted by atomic mass is 10.1. The van der Waals surface area contributed by atoms with Crippen molar-refractivity contribution in [3.05, 3.63) is 21.9 Å². The van der Waals surface area contributed by atoms with Crippen molar-refractivity contribution in [3.8, 4) is 0 Å². The Morgan fingerprint density at radius 1 is 1.52 bits per heavy atom. The van der Waals surface area contributed by atoms with Gasteiger partial charge in [0.2, 0.25) is 5.91 Å². The van der Waals surface area contributed by atoms with E-state index in [9.17, 15) is 14.4 Å². The topological polar surface area (TPSA) is 98.7 Å². The van der Waals surface area contributed by atoms with Gasteiger partial charge in [-0.3, -0.25) is 9.59 Å². The molecule has 0 spiro atoms. The molecule has 0 aliphatic carbocycles. The van der Waals surface area contributed by atoms with Crippen molar-refractivity contribution in [2.75, 3.05) is 13.1 Å². The zero-order valence-corrected chi connectivity index (χ0v) is 12.4. The third-order valence-corrected chi connectivity index (χ3v) is 4.26. The number of piperazine rings is 1. The Kier molecular flexibility index (Phi) is 4.79. The number of aryl methyl sites for hydroxylation is 1. The molecule has 0 aromatic carbocycles. The first-order valence-corrected chi connectivity index (χ1v) is 7.49. The number of thiophene rings is 1. The summed E-state index contributed by atoms with van der Waals surface area (Å²) in [7, 11) is 0. The number of aliphatic carboxylic acids is 1. The third-order valence-electron chi connectivity index (χ3n) is 3.35. The summed E-state index contributed by atoms with van der Waals surface area (Å²) in [4.78, 5) is 36.0. The third kappa shape index (κ3) is 3.72. The molecule has 1 aliphatic heterocycles. The Morgan fingerprint density at radius 2 is 2.29 bits per heavy atom. The molecule has 7 nitrogen and oxygen atoms in total. The highest BCUT2D eigenvalue weighted by molar-refractivity contribution is 7.08. The average molecular weight is 311 g/mol. The van der Waals surface area contributed by atoms with Crippen molar-refractivity contribution in [2.24, 2.45) is 0 Å². The monoisotopic (exact) mass is 311 g/mol. The van der Waals surface area contributed by atoms with Gasteiger partial charge >= 0.3 is 12.0 Å². The van der Waals surface area contributed by atoms with E-state index in [1.165, 1.54) is 4.90 Å². The number of nitrogens with one attached hydrogen (secondary N) is 2. The molecule has 2 heterocycles. The second-order valence-corrected chi connectivity index (χ2v) is 5.58. The Morgan fingerprint density at radius 3 is 2.90 bits per heavy atom. The predicted octanol–water partition coefficient (Wildman–Crippen LogP) is 0.541. The van der Waals surface area contributed by atoms with Crippen LogP contribution in [0.4, 0.5) is 4.79 Å². The summed E-state index contributed by atoms with van der Waals surface area (Å²) in [6, 6.07) is -1.37. The number of urea groups is 1. The van der Waals surface area contributed by atoms with E-state index < -0.39 is 30.4 Å². The maximum atomic E-state index is 12.2. The number of hydrogen-bond acceptors (Lipinski definition) is 4. The highest BCUT2D eigenvalue weighted by Gasteiger charge is 2.34. The van der Waals surface area contributed by atoms with E-state index in [-0.39, 0.29) is 0 Å². The van der Waals surface area contributed by atoms with E-state index in [1.54, 1.807) is 11.3 Å². The number of carboxylic acids is 1. The second-order valence-electron chi connectivity index (χ2n) is 4.84. The summed E-state index contributed by atoms with van der Waals surface area (Å²) >= 11 is 1.56. The van der Waals surface area contributed by atoms with Crippen molar-refractivity contribution in [1.29, 1.82) is 0 Å². The van der Waals surface area contributed by atoms with Crippen LogP contribution in [-0.4, -0.2) is 47.0 Å². The zero-order valence-electron chi connectivity index (χ0n) is 11.6. The van der Waals surface area contributed by atoms with Crippen LogP contribution >= 0.6 is 11.3 Å². The fourth-order valence-electron chi connectivity index (χ4n) is 2.17. The summed E-state index contributed by atoms with van der Waals surface area (Å²) in [6.07, 6.45) is -0.392. The van der Waals surface area contributed by atoms with E-state index in [1.807, 2.05) is 17.7 Å². The van der Waals surface area contributed by atoms with Gasteiger partial charge in [-0.1, -0.05) is 0 Å². The quantitative estimate of drug-likeness (QED) is 0.756. The van der Waals surface area contributed by atoms with Gasteiger partial charge in [0.1, 0.15) is 6.04 Å². The van der Waals surface area contributed by atoms with Gasteiger partial charge in [-0.2, -0.15) is 11.3 Å². The first kappa shape index (κ1) is 15.3. The van der Waals surface area contributed by atoms with E-state index in [0.717, 1.165) is 11.1 Å². The predicted molar refractivity (Wildman–Crippen MR) is 77.0 cm³/mol. The van der Waals surface area contributed by atoms with Crippen LogP contribution < -0.4 is 10.6 Å². The number of carbonyl (C=O) groups is 3. The summed E-state index contributed by atoms with van der Waals surface area (Å²) in [5.41, 5.74) is 2.11. The molecule has 2 rings (SSSR count). The van der Waals surface area contributed by atoms with E-state index >= 15 is 0 Å². The smallest absolute Gasteiger partial charge is 0.318 e. The largest absolute Gasteiger partial charge is 0.481 e. The molecular weight excluding hydrogens is 294 g/mol. The lowest BCUT2D eigenvalue weighted by Crippen LogP contribution is -2.59. The Labute approximate surface area is 125 Å². The molecule has 1 aromatic heterocycles. The fourth-order valence-corrected chi connectivity index (χ4v) is 3.02. The molecule has 1 fully saturated rings. The van der Waals surface area contributed by atoms with Crippen LogP contribution in [0.3, 0.4) is 0 Å². The van der Waals surface area contributed by atoms with Crippen LogP contribution in [0.1, 0.15) is 17.5 Å². The van der Waals surface area contributed by atoms with Crippen LogP contribution in [0.15, 0.2) is 10.8 Å². The van der Waals surface area contributed by atoms with Crippen molar-refractivity contribution in [3.63, 3.8) is 0 Å². The van der Waals surface area contributed by atoms with E-state index in [0.29, 0.717) is 19.6 Å². The minimum Gasteiger partial charge on any atom is -0.481 e. The Bertz CT molecular complexity index is 557. The van der Waals surface area contributed by atoms with Gasteiger partial charge in [0, 0.05) is 19.6 Å². The first-order chi connectivity index (χ1) is 9.99. The van der Waals surface area contributed by atoms with Crippen molar-refractivity contribution < 1.29 is 19.5 Å². The first-order valence-electron chi connectivity index (χ1n) is 6.54. The normalized spacial score (nSPS) is 18.2. The average Bonchev–Trinajstić information content (AvgIpc) is 2.83. The summed E-state index contributed by atoms with van der Waals surface area (Å²) in [5.74, 6) is -1.53. The van der Waals surface area contributed by atoms with Gasteiger partial charge < -0.3 is 20.6 Å². The number of rotatable bonds is 4. The van der Waals surface area contributed by atoms with Gasteiger partial charge in [-0.15, -0.1) is 0 Å². The molecular formula is C13H17N3O4S. The number of carbonyl (C=O) groups excluding carboxylic acids is 2. The molecule has 1 atom stereocenters. The van der Waals surface area contributed by atoms with Gasteiger partial charge in [-0.05, 0) is 28.8 Å². The molecule has 0 saturated carbocycles. The van der Waals surface area contributed by atoms with Crippen LogP contribution in [0, 0.1) is 6.92 Å². The summed E-state index contributed by atoms with van der Waals surface area (Å²) in [5, 5.41) is 18.1. The minimum absolute atomic E-state index is 0.304. The molecule has 114 valence electrons. The number of carboxylic acid groups (broad SMARTS) is 1. The maximum Gasteiger partial charge on any atom is 0.318 e. The SMILES string of the molecule is Cc1cscc1CNC(=O)N1CCNC(=O)C1CC(=O)O. The molecule has 0 radical (unpaired) electrons. The fraction of sp³-hybridized carbons (Fsp3) is 0.462. The van der Waals surface area contributed by atoms with Gasteiger partial charge in [0.05, 0.1) is 6.42 Å². The minimum atomic E-state index is -1.11. The molecule has 1 aliphatic rings. The van der Waals surface area contributed by atoms with Crippen LogP contribution in [0.2, 0.25) is 0 Å². The molecule has 0 bridgehead atoms. The Balaban J connectivity index is 2.00. The van der Waals surface area contributed by atoms with Crippen LogP contribution in [0.25, 0.3) is 0 Å². The van der Waals surface area contributed by atoms with E-state index in [4.69, 9.17) is 5.11 Å². The molecule has 3 amide bonds. The Hall–Kier alpha value is -2.09. The highest BCUT2D eigenvalue weighted by Crippen LogP contribution is 2.14. The standard InChI is InChI=1S/C13H17N3O4S/c1-8-6-21-7-9(8)5-15-13(20)16-3-2-14-12(19)10(16)4-11(17)18/h6-7,10H,2-5H2,1H3,(H,14,19)(H,15,20)(H,17,18). The number of amides is 3. The number of hydrogen-bond donors (Lipinski definition) is 3. The molecule has 3 N–H and O–H groups in total. The van der Waals surface area contributed by atoms with Crippen molar-refractivity contribution in [1.82, 2.24) is 15.5 Å². The maximum absolute atomic E-state index is 12.2. The van der Waals surface area contributed by atoms with Gasteiger partial charge in [0.15, 0.2) is 0 Å². The molecule has 21 heavy (non-hydrogen) atoms. The highest BCUT2D eigenvalue weighted by atomic mass is 32.1. The van der Waals surface area contributed by atoms with Gasteiger partial charge in [-0.25, -0.2) is 4.79 Å². The molecule has 1 unspecified atom stereocenters. The molecule has 1 aromatic rings. The van der Waals surface area contributed by atoms with Crippen LogP contribution in [-0.2, 0) is 16.1 Å². The number of nitrogens with zero attached hydrogens (tertiary/aromatic N) is 1. The second kappa shape index (κ2) is 6.57. The summed E-state index contributed by atoms with van der Waals surface area (Å²) < 4.78 is 0. The van der Waals surface area contributed by atoms with Crippen LogP contribution in [0.5, 0.6) is 0 Å². The van der Waals surface area contributed by atoms with Crippen molar-refractivity contribution >= 4 is 29.2 Å². The summed E-state index contributed by atoms with van der Waals surface area (Å²) in [6.45, 7) is 2.96. The zero-order chi connectivity index (χ0) is 15.4. The van der Waals surface area contributed by atoms with Crippen molar-refractivity contribution in [2.45, 2.75) is 25.9 Å². The van der Waals surface area contributed by atoms with E-state index in [2.05, 4.69) is 10.6 Å². The molecule has 8 heteroatoms. The molecule has 1 saturated heterocycles. The van der Waals surface area contributed by atoms with Gasteiger partial charge in [0.25, 0.3) is 0 Å². The lowest BCUT2D eigenvalue weighted by Gasteiger charge is -2.34. The lowest BCUT2D eigenvalue weighted by molar-refractivity contribution is -0.142.